The van der Waals surface area contributed by atoms with Crippen molar-refractivity contribution in [1.29, 1.82) is 0 Å². The molecule has 0 aromatic heterocycles. The van der Waals surface area contributed by atoms with Gasteiger partial charge in [0.25, 0.3) is 0 Å². The Morgan fingerprint density at radius 2 is 2.14 bits per heavy atom. The van der Waals surface area contributed by atoms with Gasteiger partial charge in [-0.05, 0) is 38.3 Å². The lowest BCUT2D eigenvalue weighted by Gasteiger charge is -2.36. The normalized spacial score (nSPS) is 18.0. The van der Waals surface area contributed by atoms with Gasteiger partial charge in [-0.1, -0.05) is 31.2 Å². The molecule has 118 valence electrons. The molecular formula is C18H24N2O2. The Morgan fingerprint density at radius 3 is 2.73 bits per heavy atom. The zero-order chi connectivity index (χ0) is 16.3. The molecule has 1 aromatic rings. The van der Waals surface area contributed by atoms with E-state index in [0.717, 1.165) is 17.7 Å². The Kier molecular flexibility index (Phi) is 5.01. The molecule has 2 rings (SSSR count). The maximum Gasteiger partial charge on any atom is 0.227 e. The Balaban J connectivity index is 2.40. The van der Waals surface area contributed by atoms with Gasteiger partial charge in [-0.25, -0.2) is 0 Å². The molecule has 0 aliphatic carbocycles. The van der Waals surface area contributed by atoms with Crippen LogP contribution in [0.3, 0.4) is 0 Å². The lowest BCUT2D eigenvalue weighted by atomic mass is 9.99. The fourth-order valence-electron chi connectivity index (χ4n) is 2.94. The predicted octanol–water partition coefficient (Wildman–Crippen LogP) is 3.23. The van der Waals surface area contributed by atoms with Gasteiger partial charge in [-0.2, -0.15) is 0 Å². The van der Waals surface area contributed by atoms with E-state index in [1.54, 1.807) is 0 Å². The van der Waals surface area contributed by atoms with Crippen molar-refractivity contribution in [3.63, 3.8) is 0 Å². The van der Waals surface area contributed by atoms with E-state index in [0.29, 0.717) is 25.0 Å². The van der Waals surface area contributed by atoms with Crippen LogP contribution in [0.2, 0.25) is 0 Å². The lowest BCUT2D eigenvalue weighted by molar-refractivity contribution is -0.123. The number of benzene rings is 1. The summed E-state index contributed by atoms with van der Waals surface area (Å²) in [5.74, 6) is 0.0570. The molecule has 4 heteroatoms. The molecule has 2 amide bonds. The van der Waals surface area contributed by atoms with E-state index in [-0.39, 0.29) is 17.9 Å². The Bertz CT molecular complexity index is 607. The third kappa shape index (κ3) is 3.38. The van der Waals surface area contributed by atoms with Crippen LogP contribution in [0.4, 0.5) is 5.69 Å². The van der Waals surface area contributed by atoms with E-state index in [1.807, 2.05) is 37.8 Å². The van der Waals surface area contributed by atoms with E-state index in [4.69, 9.17) is 0 Å². The Labute approximate surface area is 132 Å². The van der Waals surface area contributed by atoms with Crippen molar-refractivity contribution in [2.75, 3.05) is 4.90 Å². The second-order valence-electron chi connectivity index (χ2n) is 5.93. The second kappa shape index (κ2) is 6.77. The summed E-state index contributed by atoms with van der Waals surface area (Å²) in [4.78, 5) is 26.0. The number of carbonyl (C=O) groups excluding carboxylic acids is 2. The fourth-order valence-corrected chi connectivity index (χ4v) is 2.94. The van der Waals surface area contributed by atoms with E-state index in [1.165, 1.54) is 5.56 Å². The number of nitrogens with one attached hydrogen (secondary N) is 1. The van der Waals surface area contributed by atoms with Gasteiger partial charge < -0.3 is 10.2 Å². The largest absolute Gasteiger partial charge is 0.328 e. The van der Waals surface area contributed by atoms with Crippen molar-refractivity contribution in [1.82, 2.24) is 5.32 Å². The first-order chi connectivity index (χ1) is 10.4. The highest BCUT2D eigenvalue weighted by molar-refractivity contribution is 5.96. The molecule has 1 fully saturated rings. The highest BCUT2D eigenvalue weighted by atomic mass is 16.2. The van der Waals surface area contributed by atoms with Crippen molar-refractivity contribution in [2.45, 2.75) is 52.5 Å². The van der Waals surface area contributed by atoms with Crippen molar-refractivity contribution in [3.8, 4) is 0 Å². The molecule has 1 N–H and O–H groups in total. The van der Waals surface area contributed by atoms with Crippen molar-refractivity contribution >= 4 is 17.5 Å². The molecule has 1 aromatic carbocycles. The molecule has 1 saturated heterocycles. The summed E-state index contributed by atoms with van der Waals surface area (Å²) in [6.07, 6.45) is 2.33. The molecular weight excluding hydrogens is 276 g/mol. The van der Waals surface area contributed by atoms with Crippen LogP contribution in [0.1, 0.15) is 43.7 Å². The Morgan fingerprint density at radius 1 is 1.41 bits per heavy atom. The average molecular weight is 300 g/mol. The number of hydrogen-bond donors (Lipinski definition) is 1. The minimum atomic E-state index is -0.168. The summed E-state index contributed by atoms with van der Waals surface area (Å²) in [5.41, 5.74) is 3.75. The maximum atomic E-state index is 12.7. The average Bonchev–Trinajstić information content (AvgIpc) is 2.44. The molecule has 1 aliphatic rings. The van der Waals surface area contributed by atoms with Crippen LogP contribution in [0.25, 0.3) is 0 Å². The van der Waals surface area contributed by atoms with Crippen LogP contribution in [0.5, 0.6) is 0 Å². The molecule has 0 radical (unpaired) electrons. The van der Waals surface area contributed by atoms with Crippen molar-refractivity contribution < 1.29 is 9.59 Å². The first-order valence-corrected chi connectivity index (χ1v) is 7.82. The number of anilines is 1. The highest BCUT2D eigenvalue weighted by Crippen LogP contribution is 2.29. The number of aryl methyl sites for hydroxylation is 2. The first kappa shape index (κ1) is 16.3. The number of hydrogen-bond acceptors (Lipinski definition) is 2. The molecule has 1 unspecified atom stereocenters. The summed E-state index contributed by atoms with van der Waals surface area (Å²) >= 11 is 0. The standard InChI is InChI=1S/C18H24N2O2/c1-5-6-18(22)20(15-8-7-12(2)11-13(15)3)16-9-10-17(21)19-14(16)4/h7-8,11,16H,4-6,9-10H2,1-3H3,(H,19,21). The van der Waals surface area contributed by atoms with Crippen LogP contribution in [-0.2, 0) is 9.59 Å². The molecule has 0 saturated carbocycles. The predicted molar refractivity (Wildman–Crippen MR) is 88.6 cm³/mol. The summed E-state index contributed by atoms with van der Waals surface area (Å²) in [5, 5.41) is 2.78. The van der Waals surface area contributed by atoms with Crippen LogP contribution in [-0.4, -0.2) is 17.9 Å². The van der Waals surface area contributed by atoms with Crippen molar-refractivity contribution in [2.24, 2.45) is 0 Å². The highest BCUT2D eigenvalue weighted by Gasteiger charge is 2.31. The minimum absolute atomic E-state index is 0.0234. The van der Waals surface area contributed by atoms with Gasteiger partial charge in [-0.3, -0.25) is 9.59 Å². The summed E-state index contributed by atoms with van der Waals surface area (Å²) in [6.45, 7) is 10.0. The maximum absolute atomic E-state index is 12.7. The molecule has 1 aliphatic heterocycles. The number of amides is 2. The smallest absolute Gasteiger partial charge is 0.227 e. The molecule has 1 atom stereocenters. The topological polar surface area (TPSA) is 49.4 Å². The summed E-state index contributed by atoms with van der Waals surface area (Å²) < 4.78 is 0. The lowest BCUT2D eigenvalue weighted by Crippen LogP contribution is -2.49. The number of rotatable bonds is 4. The third-order valence-corrected chi connectivity index (χ3v) is 4.00. The minimum Gasteiger partial charge on any atom is -0.328 e. The zero-order valence-electron chi connectivity index (χ0n) is 13.6. The Hall–Kier alpha value is -2.10. The van der Waals surface area contributed by atoms with Crippen molar-refractivity contribution in [3.05, 3.63) is 41.6 Å². The number of piperidine rings is 1. The summed E-state index contributed by atoms with van der Waals surface area (Å²) in [7, 11) is 0. The summed E-state index contributed by atoms with van der Waals surface area (Å²) in [6, 6.07) is 5.91. The zero-order valence-corrected chi connectivity index (χ0v) is 13.6. The monoisotopic (exact) mass is 300 g/mol. The van der Waals surface area contributed by atoms with Gasteiger partial charge in [0.15, 0.2) is 0 Å². The van der Waals surface area contributed by atoms with Crippen LogP contribution in [0, 0.1) is 13.8 Å². The molecule has 22 heavy (non-hydrogen) atoms. The van der Waals surface area contributed by atoms with E-state index in [2.05, 4.69) is 18.0 Å². The molecule has 0 spiro atoms. The van der Waals surface area contributed by atoms with E-state index < -0.39 is 0 Å². The number of carbonyl (C=O) groups is 2. The molecule has 0 bridgehead atoms. The second-order valence-corrected chi connectivity index (χ2v) is 5.93. The quantitative estimate of drug-likeness (QED) is 0.928. The van der Waals surface area contributed by atoms with Crippen LogP contribution < -0.4 is 10.2 Å². The van der Waals surface area contributed by atoms with E-state index >= 15 is 0 Å². The van der Waals surface area contributed by atoms with Gasteiger partial charge in [0.2, 0.25) is 11.8 Å². The van der Waals surface area contributed by atoms with Gasteiger partial charge in [-0.15, -0.1) is 0 Å². The van der Waals surface area contributed by atoms with Gasteiger partial charge in [0.1, 0.15) is 0 Å². The van der Waals surface area contributed by atoms with Gasteiger partial charge in [0, 0.05) is 24.2 Å². The number of nitrogens with zero attached hydrogens (tertiary/aromatic N) is 1. The van der Waals surface area contributed by atoms with Gasteiger partial charge >= 0.3 is 0 Å². The first-order valence-electron chi connectivity index (χ1n) is 7.82. The van der Waals surface area contributed by atoms with E-state index in [9.17, 15) is 9.59 Å². The van der Waals surface area contributed by atoms with Crippen LogP contribution in [0.15, 0.2) is 30.5 Å². The molecule has 1 heterocycles. The van der Waals surface area contributed by atoms with Crippen LogP contribution >= 0.6 is 0 Å². The van der Waals surface area contributed by atoms with Gasteiger partial charge in [0.05, 0.1) is 6.04 Å². The SMILES string of the molecule is C=C1NC(=O)CCC1N(C(=O)CCC)c1ccc(C)cc1C. The third-order valence-electron chi connectivity index (χ3n) is 4.00. The fraction of sp³-hybridized carbons (Fsp3) is 0.444. The molecule has 4 nitrogen and oxygen atoms in total.